The lowest BCUT2D eigenvalue weighted by atomic mass is 9.89. The van der Waals surface area contributed by atoms with Gasteiger partial charge in [-0.25, -0.2) is 4.98 Å². The summed E-state index contributed by atoms with van der Waals surface area (Å²) in [4.78, 5) is 15.9. The molecular weight excluding hydrogens is 234 g/mol. The molecule has 17 heavy (non-hydrogen) atoms. The largest absolute Gasteiger partial charge is 0.311 e. The van der Waals surface area contributed by atoms with E-state index in [-0.39, 0.29) is 5.91 Å². The van der Waals surface area contributed by atoms with Crippen LogP contribution in [0.3, 0.4) is 0 Å². The molecule has 3 heterocycles. The summed E-state index contributed by atoms with van der Waals surface area (Å²) >= 11 is 1.47. The predicted molar refractivity (Wildman–Crippen MR) is 68.0 cm³/mol. The molecule has 2 aliphatic heterocycles. The third-order valence-corrected chi connectivity index (χ3v) is 4.41. The maximum absolute atomic E-state index is 11.8. The summed E-state index contributed by atoms with van der Waals surface area (Å²) in [7, 11) is 0. The Kier molecular flexibility index (Phi) is 3.11. The van der Waals surface area contributed by atoms with Crippen molar-refractivity contribution in [2.75, 3.05) is 5.32 Å². The van der Waals surface area contributed by atoms with Crippen LogP contribution in [0.5, 0.6) is 0 Å². The van der Waals surface area contributed by atoms with Gasteiger partial charge in [-0.1, -0.05) is 0 Å². The smallest absolute Gasteiger partial charge is 0.226 e. The van der Waals surface area contributed by atoms with Crippen LogP contribution in [0.2, 0.25) is 0 Å². The summed E-state index contributed by atoms with van der Waals surface area (Å²) in [5, 5.41) is 9.05. The second-order valence-electron chi connectivity index (χ2n) is 5.06. The van der Waals surface area contributed by atoms with Gasteiger partial charge in [0.1, 0.15) is 0 Å². The van der Waals surface area contributed by atoms with Gasteiger partial charge in [0, 0.05) is 30.1 Å². The van der Waals surface area contributed by atoms with Gasteiger partial charge in [0.05, 0.1) is 0 Å². The highest BCUT2D eigenvalue weighted by molar-refractivity contribution is 7.13. The van der Waals surface area contributed by atoms with E-state index < -0.39 is 0 Å². The van der Waals surface area contributed by atoms with Crippen molar-refractivity contribution in [3.8, 4) is 0 Å². The van der Waals surface area contributed by atoms with Crippen LogP contribution < -0.4 is 10.6 Å². The van der Waals surface area contributed by atoms with Crippen LogP contribution in [0.4, 0.5) is 5.13 Å². The van der Waals surface area contributed by atoms with Crippen LogP contribution in [-0.2, 0) is 4.79 Å². The molecule has 2 bridgehead atoms. The molecule has 92 valence electrons. The number of nitrogens with zero attached hydrogens (tertiary/aromatic N) is 1. The molecule has 0 aromatic carbocycles. The van der Waals surface area contributed by atoms with Crippen molar-refractivity contribution in [1.82, 2.24) is 10.3 Å². The van der Waals surface area contributed by atoms with Crippen LogP contribution >= 0.6 is 11.3 Å². The summed E-state index contributed by atoms with van der Waals surface area (Å²) < 4.78 is 0. The Morgan fingerprint density at radius 2 is 2.24 bits per heavy atom. The number of hydrogen-bond acceptors (Lipinski definition) is 4. The predicted octanol–water partition coefficient (Wildman–Crippen LogP) is 2.00. The molecule has 3 rings (SSSR count). The van der Waals surface area contributed by atoms with Crippen LogP contribution in [-0.4, -0.2) is 23.0 Å². The minimum Gasteiger partial charge on any atom is -0.311 e. The number of anilines is 1. The van der Waals surface area contributed by atoms with Crippen molar-refractivity contribution in [2.45, 2.75) is 44.2 Å². The summed E-state index contributed by atoms with van der Waals surface area (Å²) in [5.41, 5.74) is 0. The Labute approximate surface area is 105 Å². The maximum atomic E-state index is 11.8. The zero-order valence-corrected chi connectivity index (χ0v) is 10.5. The van der Waals surface area contributed by atoms with E-state index >= 15 is 0 Å². The average Bonchev–Trinajstić information content (AvgIpc) is 2.89. The molecular formula is C12H17N3OS. The summed E-state index contributed by atoms with van der Waals surface area (Å²) in [6.45, 7) is 0. The molecule has 5 heteroatoms. The number of piperidine rings is 1. The van der Waals surface area contributed by atoms with Crippen molar-refractivity contribution in [1.29, 1.82) is 0 Å². The minimum absolute atomic E-state index is 0.117. The molecule has 2 aliphatic rings. The first kappa shape index (κ1) is 11.2. The zero-order valence-electron chi connectivity index (χ0n) is 9.69. The molecule has 2 atom stereocenters. The van der Waals surface area contributed by atoms with E-state index in [9.17, 15) is 4.79 Å². The molecule has 2 saturated heterocycles. The Hall–Kier alpha value is -0.940. The average molecular weight is 251 g/mol. The molecule has 2 unspecified atom stereocenters. The van der Waals surface area contributed by atoms with Crippen LogP contribution in [0.1, 0.15) is 32.1 Å². The van der Waals surface area contributed by atoms with E-state index in [0.717, 1.165) is 12.8 Å². The first-order chi connectivity index (χ1) is 8.29. The molecule has 0 radical (unpaired) electrons. The normalized spacial score (nSPS) is 31.4. The van der Waals surface area contributed by atoms with Crippen molar-refractivity contribution < 1.29 is 4.79 Å². The zero-order chi connectivity index (χ0) is 11.7. The molecule has 1 aromatic heterocycles. The van der Waals surface area contributed by atoms with E-state index in [1.165, 1.54) is 24.2 Å². The van der Waals surface area contributed by atoms with Crippen LogP contribution in [0.25, 0.3) is 0 Å². The monoisotopic (exact) mass is 251 g/mol. The van der Waals surface area contributed by atoms with Gasteiger partial charge in [-0.05, 0) is 31.6 Å². The van der Waals surface area contributed by atoms with Crippen molar-refractivity contribution in [3.63, 3.8) is 0 Å². The number of carbonyl (C=O) groups excluding carboxylic acids is 1. The van der Waals surface area contributed by atoms with Gasteiger partial charge in [-0.2, -0.15) is 0 Å². The Morgan fingerprint density at radius 3 is 2.88 bits per heavy atom. The number of amides is 1. The van der Waals surface area contributed by atoms with E-state index in [1.807, 2.05) is 5.38 Å². The van der Waals surface area contributed by atoms with Gasteiger partial charge in [-0.15, -0.1) is 11.3 Å². The van der Waals surface area contributed by atoms with Gasteiger partial charge in [0.2, 0.25) is 5.91 Å². The van der Waals surface area contributed by atoms with Gasteiger partial charge >= 0.3 is 0 Å². The summed E-state index contributed by atoms with van der Waals surface area (Å²) in [6, 6.07) is 1.32. The molecule has 2 fully saturated rings. The highest BCUT2D eigenvalue weighted by Crippen LogP contribution is 2.32. The van der Waals surface area contributed by atoms with Gasteiger partial charge in [0.25, 0.3) is 0 Å². The van der Waals surface area contributed by atoms with Crippen LogP contribution in [0, 0.1) is 5.92 Å². The van der Waals surface area contributed by atoms with Gasteiger partial charge in [-0.3, -0.25) is 4.79 Å². The number of hydrogen-bond donors (Lipinski definition) is 2. The van der Waals surface area contributed by atoms with Crippen molar-refractivity contribution in [3.05, 3.63) is 11.6 Å². The fraction of sp³-hybridized carbons (Fsp3) is 0.667. The van der Waals surface area contributed by atoms with Gasteiger partial charge < -0.3 is 10.6 Å². The topological polar surface area (TPSA) is 54.0 Å². The van der Waals surface area contributed by atoms with E-state index in [4.69, 9.17) is 0 Å². The Morgan fingerprint density at radius 1 is 1.47 bits per heavy atom. The number of rotatable bonds is 3. The third-order valence-electron chi connectivity index (χ3n) is 3.72. The fourth-order valence-electron chi connectivity index (χ4n) is 3.06. The molecule has 0 saturated carbocycles. The second kappa shape index (κ2) is 4.74. The summed E-state index contributed by atoms with van der Waals surface area (Å²) in [5.74, 6) is 0.667. The molecule has 1 aromatic rings. The number of fused-ring (bicyclic) bond motifs is 2. The lowest BCUT2D eigenvalue weighted by Crippen LogP contribution is -2.39. The highest BCUT2D eigenvalue weighted by Gasteiger charge is 2.34. The van der Waals surface area contributed by atoms with Crippen molar-refractivity contribution >= 4 is 22.4 Å². The van der Waals surface area contributed by atoms with E-state index in [0.29, 0.717) is 29.6 Å². The fourth-order valence-corrected chi connectivity index (χ4v) is 3.60. The molecule has 0 aliphatic carbocycles. The lowest BCUT2D eigenvalue weighted by Gasteiger charge is -2.28. The first-order valence-corrected chi connectivity index (χ1v) is 7.13. The van der Waals surface area contributed by atoms with Crippen molar-refractivity contribution in [2.24, 2.45) is 5.92 Å². The van der Waals surface area contributed by atoms with E-state index in [2.05, 4.69) is 15.6 Å². The first-order valence-electron chi connectivity index (χ1n) is 6.25. The standard InChI is InChI=1S/C12H17N3OS/c16-11(15-12-13-3-4-17-12)7-8-5-9-1-2-10(6-8)14-9/h3-4,8-10,14H,1-2,5-7H2,(H,13,15,16). The lowest BCUT2D eigenvalue weighted by molar-refractivity contribution is -0.117. The second-order valence-corrected chi connectivity index (χ2v) is 5.96. The molecule has 0 spiro atoms. The molecule has 1 amide bonds. The Bertz CT molecular complexity index is 380. The maximum Gasteiger partial charge on any atom is 0.226 e. The Balaban J connectivity index is 1.51. The SMILES string of the molecule is O=C(CC1CC2CCC(C1)N2)Nc1nccs1. The van der Waals surface area contributed by atoms with E-state index in [1.54, 1.807) is 6.20 Å². The number of thiazole rings is 1. The third kappa shape index (κ3) is 2.66. The highest BCUT2D eigenvalue weighted by atomic mass is 32.1. The number of carbonyl (C=O) groups is 1. The number of aromatic nitrogens is 1. The molecule has 2 N–H and O–H groups in total. The van der Waals surface area contributed by atoms with Crippen LogP contribution in [0.15, 0.2) is 11.6 Å². The number of nitrogens with one attached hydrogen (secondary N) is 2. The summed E-state index contributed by atoms with van der Waals surface area (Å²) in [6.07, 6.45) is 7.24. The van der Waals surface area contributed by atoms with Gasteiger partial charge in [0.15, 0.2) is 5.13 Å². The quantitative estimate of drug-likeness (QED) is 0.864. The minimum atomic E-state index is 0.117. The molecule has 4 nitrogen and oxygen atoms in total.